The van der Waals surface area contributed by atoms with Crippen molar-refractivity contribution in [2.75, 3.05) is 13.2 Å². The number of ether oxygens (including phenoxy) is 2. The molecule has 5 heteroatoms. The van der Waals surface area contributed by atoms with Gasteiger partial charge in [-0.25, -0.2) is 0 Å². The lowest BCUT2D eigenvalue weighted by molar-refractivity contribution is -0.161. The van der Waals surface area contributed by atoms with Crippen molar-refractivity contribution in [2.24, 2.45) is 5.92 Å². The summed E-state index contributed by atoms with van der Waals surface area (Å²) in [4.78, 5) is 23.5. The molecule has 0 aliphatic heterocycles. The summed E-state index contributed by atoms with van der Waals surface area (Å²) in [6.45, 7) is 3.85. The molecule has 0 amide bonds. The third kappa shape index (κ3) is 4.91. The first-order valence-corrected chi connectivity index (χ1v) is 6.69. The Morgan fingerprint density at radius 3 is 2.00 bits per heavy atom. The van der Waals surface area contributed by atoms with Crippen molar-refractivity contribution in [3.05, 3.63) is 29.8 Å². The van der Waals surface area contributed by atoms with Crippen molar-refractivity contribution in [1.82, 2.24) is 0 Å². The molecule has 1 rings (SSSR count). The lowest BCUT2D eigenvalue weighted by atomic mass is 9.99. The second-order valence-electron chi connectivity index (χ2n) is 4.26. The maximum atomic E-state index is 11.8. The molecule has 5 nitrogen and oxygen atoms in total. The average molecular weight is 280 g/mol. The van der Waals surface area contributed by atoms with Crippen LogP contribution < -0.4 is 0 Å². The van der Waals surface area contributed by atoms with Gasteiger partial charge in [0.05, 0.1) is 13.2 Å². The first-order chi connectivity index (χ1) is 9.58. The summed E-state index contributed by atoms with van der Waals surface area (Å²) in [5, 5.41) is 9.20. The van der Waals surface area contributed by atoms with Crippen LogP contribution in [0.1, 0.15) is 25.8 Å². The third-order valence-corrected chi connectivity index (χ3v) is 2.80. The summed E-state index contributed by atoms with van der Waals surface area (Å²) >= 11 is 0. The topological polar surface area (TPSA) is 72.8 Å². The van der Waals surface area contributed by atoms with Crippen LogP contribution in [0.5, 0.6) is 5.75 Å². The molecule has 1 aromatic rings. The van der Waals surface area contributed by atoms with E-state index in [2.05, 4.69) is 0 Å². The van der Waals surface area contributed by atoms with Crippen LogP contribution >= 0.6 is 0 Å². The molecule has 0 aromatic heterocycles. The van der Waals surface area contributed by atoms with Crippen LogP contribution in [0.3, 0.4) is 0 Å². The maximum Gasteiger partial charge on any atom is 0.320 e. The summed E-state index contributed by atoms with van der Waals surface area (Å²) in [7, 11) is 0. The van der Waals surface area contributed by atoms with Gasteiger partial charge in [-0.2, -0.15) is 0 Å². The Morgan fingerprint density at radius 1 is 1.05 bits per heavy atom. The van der Waals surface area contributed by atoms with E-state index in [1.54, 1.807) is 38.1 Å². The normalized spacial score (nSPS) is 10.3. The molecule has 0 aliphatic carbocycles. The minimum absolute atomic E-state index is 0.182. The quantitative estimate of drug-likeness (QED) is 0.611. The third-order valence-electron chi connectivity index (χ3n) is 2.80. The van der Waals surface area contributed by atoms with Gasteiger partial charge in [0, 0.05) is 0 Å². The second kappa shape index (κ2) is 8.19. The predicted octanol–water partition coefficient (Wildman–Crippen LogP) is 2.07. The van der Waals surface area contributed by atoms with E-state index in [1.807, 2.05) is 0 Å². The fourth-order valence-electron chi connectivity index (χ4n) is 1.79. The van der Waals surface area contributed by atoms with Gasteiger partial charge < -0.3 is 14.6 Å². The molecule has 0 spiro atoms. The average Bonchev–Trinajstić information content (AvgIpc) is 2.42. The molecule has 0 aliphatic rings. The van der Waals surface area contributed by atoms with Crippen LogP contribution in [-0.2, 0) is 25.5 Å². The first-order valence-electron chi connectivity index (χ1n) is 6.69. The van der Waals surface area contributed by atoms with Crippen LogP contribution in [0.2, 0.25) is 0 Å². The Kier molecular flexibility index (Phi) is 6.56. The summed E-state index contributed by atoms with van der Waals surface area (Å²) in [5.41, 5.74) is 0.932. The number of phenols is 1. The smallest absolute Gasteiger partial charge is 0.320 e. The predicted molar refractivity (Wildman–Crippen MR) is 73.2 cm³/mol. The van der Waals surface area contributed by atoms with Gasteiger partial charge in [-0.1, -0.05) is 12.1 Å². The molecular weight excluding hydrogens is 260 g/mol. The molecule has 0 radical (unpaired) electrons. The van der Waals surface area contributed by atoms with E-state index in [9.17, 15) is 14.7 Å². The molecule has 0 unspecified atom stereocenters. The van der Waals surface area contributed by atoms with E-state index in [4.69, 9.17) is 9.47 Å². The Bertz CT molecular complexity index is 420. The molecular formula is C15H20O5. The number of carbonyl (C=O) groups is 2. The molecule has 0 bridgehead atoms. The number of benzene rings is 1. The minimum Gasteiger partial charge on any atom is -0.508 e. The molecule has 0 fully saturated rings. The van der Waals surface area contributed by atoms with Gasteiger partial charge in [0.15, 0.2) is 5.92 Å². The van der Waals surface area contributed by atoms with Gasteiger partial charge in [0.25, 0.3) is 0 Å². The second-order valence-corrected chi connectivity index (χ2v) is 4.26. The highest BCUT2D eigenvalue weighted by Crippen LogP contribution is 2.16. The van der Waals surface area contributed by atoms with Gasteiger partial charge in [-0.15, -0.1) is 0 Å². The molecule has 110 valence electrons. The zero-order chi connectivity index (χ0) is 15.0. The van der Waals surface area contributed by atoms with Crippen LogP contribution in [-0.4, -0.2) is 30.3 Å². The van der Waals surface area contributed by atoms with Crippen LogP contribution in [0, 0.1) is 5.92 Å². The number of carbonyl (C=O) groups excluding carboxylic acids is 2. The largest absolute Gasteiger partial charge is 0.508 e. The molecule has 0 heterocycles. The van der Waals surface area contributed by atoms with Gasteiger partial charge >= 0.3 is 11.9 Å². The van der Waals surface area contributed by atoms with Crippen LogP contribution in [0.4, 0.5) is 0 Å². The standard InChI is InChI=1S/C15H20O5/c1-3-19-14(17)13(15(18)20-4-2)10-7-11-5-8-12(16)9-6-11/h5-6,8-9,13,16H,3-4,7,10H2,1-2H3. The van der Waals surface area contributed by atoms with Crippen molar-refractivity contribution >= 4 is 11.9 Å². The van der Waals surface area contributed by atoms with E-state index in [0.29, 0.717) is 12.8 Å². The molecule has 0 saturated carbocycles. The molecule has 0 atom stereocenters. The van der Waals surface area contributed by atoms with Crippen molar-refractivity contribution in [2.45, 2.75) is 26.7 Å². The summed E-state index contributed by atoms with van der Waals surface area (Å²) in [6, 6.07) is 6.64. The summed E-state index contributed by atoms with van der Waals surface area (Å²) in [5.74, 6) is -1.82. The lowest BCUT2D eigenvalue weighted by Gasteiger charge is -2.14. The number of aromatic hydroxyl groups is 1. The summed E-state index contributed by atoms with van der Waals surface area (Å²) in [6.07, 6.45) is 0.852. The molecule has 1 N–H and O–H groups in total. The number of phenolic OH excluding ortho intramolecular Hbond substituents is 1. The van der Waals surface area contributed by atoms with Gasteiger partial charge in [-0.3, -0.25) is 9.59 Å². The van der Waals surface area contributed by atoms with Crippen molar-refractivity contribution in [3.8, 4) is 5.75 Å². The van der Waals surface area contributed by atoms with E-state index in [1.165, 1.54) is 0 Å². The van der Waals surface area contributed by atoms with Gasteiger partial charge in [0.1, 0.15) is 5.75 Å². The lowest BCUT2D eigenvalue weighted by Crippen LogP contribution is -2.28. The zero-order valence-corrected chi connectivity index (χ0v) is 11.8. The van der Waals surface area contributed by atoms with E-state index in [0.717, 1.165) is 5.56 Å². The number of rotatable bonds is 7. The highest BCUT2D eigenvalue weighted by Gasteiger charge is 2.28. The zero-order valence-electron chi connectivity index (χ0n) is 11.8. The maximum absolute atomic E-state index is 11.8. The van der Waals surface area contributed by atoms with Gasteiger partial charge in [-0.05, 0) is 44.4 Å². The van der Waals surface area contributed by atoms with Crippen molar-refractivity contribution < 1.29 is 24.2 Å². The SMILES string of the molecule is CCOC(=O)C(CCc1ccc(O)cc1)C(=O)OCC. The Labute approximate surface area is 118 Å². The van der Waals surface area contributed by atoms with Crippen LogP contribution in [0.15, 0.2) is 24.3 Å². The van der Waals surface area contributed by atoms with Crippen molar-refractivity contribution in [1.29, 1.82) is 0 Å². The Hall–Kier alpha value is -2.04. The highest BCUT2D eigenvalue weighted by atomic mass is 16.6. The monoisotopic (exact) mass is 280 g/mol. The molecule has 0 saturated heterocycles. The van der Waals surface area contributed by atoms with Gasteiger partial charge in [0.2, 0.25) is 0 Å². The summed E-state index contributed by atoms with van der Waals surface area (Å²) < 4.78 is 9.80. The Morgan fingerprint density at radius 2 is 1.55 bits per heavy atom. The molecule has 20 heavy (non-hydrogen) atoms. The number of aryl methyl sites for hydroxylation is 1. The first kappa shape index (κ1) is 16.0. The Balaban J connectivity index is 2.66. The number of hydrogen-bond donors (Lipinski definition) is 1. The van der Waals surface area contributed by atoms with Crippen molar-refractivity contribution in [3.63, 3.8) is 0 Å². The number of hydrogen-bond acceptors (Lipinski definition) is 5. The minimum atomic E-state index is -0.899. The van der Waals surface area contributed by atoms with Crippen LogP contribution in [0.25, 0.3) is 0 Å². The van der Waals surface area contributed by atoms with E-state index < -0.39 is 17.9 Å². The fraction of sp³-hybridized carbons (Fsp3) is 0.467. The van der Waals surface area contributed by atoms with E-state index >= 15 is 0 Å². The fourth-order valence-corrected chi connectivity index (χ4v) is 1.79. The number of esters is 2. The highest BCUT2D eigenvalue weighted by molar-refractivity contribution is 5.94. The van der Waals surface area contributed by atoms with E-state index in [-0.39, 0.29) is 19.0 Å². The molecule has 1 aromatic carbocycles.